The van der Waals surface area contributed by atoms with Crippen molar-refractivity contribution in [3.05, 3.63) is 29.6 Å². The Labute approximate surface area is 120 Å². The second kappa shape index (κ2) is 5.28. The first-order chi connectivity index (χ1) is 9.67. The first kappa shape index (κ1) is 13.2. The van der Waals surface area contributed by atoms with Crippen molar-refractivity contribution >= 4 is 11.0 Å². The molecule has 2 unspecified atom stereocenters. The summed E-state index contributed by atoms with van der Waals surface area (Å²) in [5.41, 5.74) is 2.78. The Hall–Kier alpha value is -1.82. The van der Waals surface area contributed by atoms with Gasteiger partial charge < -0.3 is 4.57 Å². The van der Waals surface area contributed by atoms with Crippen LogP contribution in [0.2, 0.25) is 0 Å². The number of rotatable bonds is 2. The summed E-state index contributed by atoms with van der Waals surface area (Å²) < 4.78 is 2.16. The molecule has 0 radical (unpaired) electrons. The topological polar surface area (TPSA) is 41.6 Å². The van der Waals surface area contributed by atoms with Crippen molar-refractivity contribution in [2.45, 2.75) is 39.0 Å². The molecule has 1 aliphatic rings. The summed E-state index contributed by atoms with van der Waals surface area (Å²) in [7, 11) is 2.07. The molecule has 104 valence electrons. The van der Waals surface area contributed by atoms with Crippen molar-refractivity contribution in [1.82, 2.24) is 9.55 Å². The van der Waals surface area contributed by atoms with Crippen LogP contribution in [-0.2, 0) is 13.5 Å². The average Bonchev–Trinajstić information content (AvgIpc) is 2.75. The predicted octanol–water partition coefficient (Wildman–Crippen LogP) is 3.81. The molecule has 1 aromatic heterocycles. The largest absolute Gasteiger partial charge is 0.331 e. The minimum atomic E-state index is 0.707. The van der Waals surface area contributed by atoms with E-state index in [1.54, 1.807) is 0 Å². The zero-order chi connectivity index (χ0) is 14.1. The standard InChI is InChI=1S/C17H21N3/c1-12-4-3-5-13(8-12)10-17-19-15-7-6-14(11-18)9-16(15)20(17)2/h6-7,9,12-13H,3-5,8,10H2,1-2H3. The van der Waals surface area contributed by atoms with Crippen LogP contribution >= 0.6 is 0 Å². The molecule has 1 heterocycles. The van der Waals surface area contributed by atoms with Crippen LogP contribution in [0.5, 0.6) is 0 Å². The fraction of sp³-hybridized carbons (Fsp3) is 0.529. The summed E-state index contributed by atoms with van der Waals surface area (Å²) in [5.74, 6) is 2.78. The lowest BCUT2D eigenvalue weighted by molar-refractivity contribution is 0.277. The van der Waals surface area contributed by atoms with Gasteiger partial charge in [-0.25, -0.2) is 4.98 Å². The minimum absolute atomic E-state index is 0.707. The summed E-state index contributed by atoms with van der Waals surface area (Å²) in [6.07, 6.45) is 6.46. The normalized spacial score (nSPS) is 22.9. The zero-order valence-electron chi connectivity index (χ0n) is 12.3. The summed E-state index contributed by atoms with van der Waals surface area (Å²) in [4.78, 5) is 4.76. The fourth-order valence-corrected chi connectivity index (χ4v) is 3.50. The van der Waals surface area contributed by atoms with Gasteiger partial charge in [0.1, 0.15) is 5.82 Å². The van der Waals surface area contributed by atoms with Crippen molar-refractivity contribution < 1.29 is 0 Å². The number of hydrogen-bond donors (Lipinski definition) is 0. The number of aryl methyl sites for hydroxylation is 1. The van der Waals surface area contributed by atoms with Gasteiger partial charge in [0.15, 0.2) is 0 Å². The first-order valence-corrected chi connectivity index (χ1v) is 7.53. The van der Waals surface area contributed by atoms with E-state index in [1.165, 1.54) is 25.7 Å². The molecule has 0 N–H and O–H groups in total. The van der Waals surface area contributed by atoms with Crippen molar-refractivity contribution in [1.29, 1.82) is 5.26 Å². The third kappa shape index (κ3) is 2.43. The lowest BCUT2D eigenvalue weighted by atomic mass is 9.81. The van der Waals surface area contributed by atoms with Crippen LogP contribution in [0.4, 0.5) is 0 Å². The second-order valence-electron chi connectivity index (χ2n) is 6.24. The molecule has 1 aliphatic carbocycles. The Balaban J connectivity index is 1.88. The number of hydrogen-bond acceptors (Lipinski definition) is 2. The van der Waals surface area contributed by atoms with Gasteiger partial charge >= 0.3 is 0 Å². The van der Waals surface area contributed by atoms with Crippen LogP contribution < -0.4 is 0 Å². The smallest absolute Gasteiger partial charge is 0.109 e. The number of benzene rings is 1. The maximum atomic E-state index is 9.01. The summed E-state index contributed by atoms with van der Waals surface area (Å²) in [5, 5.41) is 9.01. The number of fused-ring (bicyclic) bond motifs is 1. The van der Waals surface area contributed by atoms with E-state index in [4.69, 9.17) is 10.2 Å². The third-order valence-electron chi connectivity index (χ3n) is 4.62. The molecule has 20 heavy (non-hydrogen) atoms. The van der Waals surface area contributed by atoms with Crippen molar-refractivity contribution in [3.8, 4) is 6.07 Å². The molecule has 3 nitrogen and oxygen atoms in total. The molecule has 2 atom stereocenters. The molecule has 1 fully saturated rings. The van der Waals surface area contributed by atoms with E-state index >= 15 is 0 Å². The van der Waals surface area contributed by atoms with E-state index in [0.717, 1.165) is 35.1 Å². The maximum Gasteiger partial charge on any atom is 0.109 e. The van der Waals surface area contributed by atoms with E-state index in [1.807, 2.05) is 18.2 Å². The monoisotopic (exact) mass is 267 g/mol. The first-order valence-electron chi connectivity index (χ1n) is 7.53. The molecule has 1 aromatic carbocycles. The number of nitriles is 1. The van der Waals surface area contributed by atoms with E-state index in [9.17, 15) is 0 Å². The third-order valence-corrected chi connectivity index (χ3v) is 4.62. The highest BCUT2D eigenvalue weighted by atomic mass is 15.1. The number of aromatic nitrogens is 2. The van der Waals surface area contributed by atoms with Gasteiger partial charge in [-0.05, 0) is 42.9 Å². The summed E-state index contributed by atoms with van der Waals surface area (Å²) >= 11 is 0. The minimum Gasteiger partial charge on any atom is -0.331 e. The van der Waals surface area contributed by atoms with Crippen molar-refractivity contribution in [2.75, 3.05) is 0 Å². The lowest BCUT2D eigenvalue weighted by Gasteiger charge is -2.26. The Bertz CT molecular complexity index is 663. The van der Waals surface area contributed by atoms with Gasteiger partial charge in [0.25, 0.3) is 0 Å². The molecule has 0 saturated heterocycles. The van der Waals surface area contributed by atoms with E-state index < -0.39 is 0 Å². The van der Waals surface area contributed by atoms with Gasteiger partial charge in [0.05, 0.1) is 22.7 Å². The molecule has 2 aromatic rings. The van der Waals surface area contributed by atoms with Gasteiger partial charge in [0.2, 0.25) is 0 Å². The summed E-state index contributed by atoms with van der Waals surface area (Å²) in [6.45, 7) is 2.36. The Morgan fingerprint density at radius 1 is 1.40 bits per heavy atom. The SMILES string of the molecule is CC1CCCC(Cc2nc3ccc(C#N)cc3n2C)C1. The summed E-state index contributed by atoms with van der Waals surface area (Å²) in [6, 6.07) is 7.95. The quantitative estimate of drug-likeness (QED) is 0.830. The Kier molecular flexibility index (Phi) is 3.48. The zero-order valence-corrected chi connectivity index (χ0v) is 12.3. The van der Waals surface area contributed by atoms with Crippen LogP contribution in [0.1, 0.15) is 44.0 Å². The van der Waals surface area contributed by atoms with Gasteiger partial charge in [-0.1, -0.05) is 19.8 Å². The molecular weight excluding hydrogens is 246 g/mol. The highest BCUT2D eigenvalue weighted by molar-refractivity contribution is 5.77. The molecule has 0 amide bonds. The molecule has 0 bridgehead atoms. The van der Waals surface area contributed by atoms with E-state index in [2.05, 4.69) is 24.6 Å². The van der Waals surface area contributed by atoms with Crippen molar-refractivity contribution in [3.63, 3.8) is 0 Å². The van der Waals surface area contributed by atoms with E-state index in [0.29, 0.717) is 5.56 Å². The number of imidazole rings is 1. The lowest BCUT2D eigenvalue weighted by Crippen LogP contribution is -2.17. The highest BCUT2D eigenvalue weighted by Crippen LogP contribution is 2.31. The van der Waals surface area contributed by atoms with Crippen LogP contribution in [0.25, 0.3) is 11.0 Å². The Morgan fingerprint density at radius 2 is 2.25 bits per heavy atom. The van der Waals surface area contributed by atoms with Gasteiger partial charge in [-0.2, -0.15) is 5.26 Å². The van der Waals surface area contributed by atoms with E-state index in [-0.39, 0.29) is 0 Å². The maximum absolute atomic E-state index is 9.01. The van der Waals surface area contributed by atoms with Crippen LogP contribution in [-0.4, -0.2) is 9.55 Å². The van der Waals surface area contributed by atoms with Crippen LogP contribution in [0.15, 0.2) is 18.2 Å². The molecule has 3 rings (SSSR count). The van der Waals surface area contributed by atoms with Crippen LogP contribution in [0, 0.1) is 23.2 Å². The Morgan fingerprint density at radius 3 is 3.00 bits per heavy atom. The molecule has 3 heteroatoms. The predicted molar refractivity (Wildman–Crippen MR) is 80.3 cm³/mol. The van der Waals surface area contributed by atoms with Crippen LogP contribution in [0.3, 0.4) is 0 Å². The second-order valence-corrected chi connectivity index (χ2v) is 6.24. The van der Waals surface area contributed by atoms with Gasteiger partial charge in [-0.15, -0.1) is 0 Å². The fourth-order valence-electron chi connectivity index (χ4n) is 3.50. The van der Waals surface area contributed by atoms with Crippen molar-refractivity contribution in [2.24, 2.45) is 18.9 Å². The number of nitrogens with zero attached hydrogens (tertiary/aromatic N) is 3. The average molecular weight is 267 g/mol. The highest BCUT2D eigenvalue weighted by Gasteiger charge is 2.21. The molecule has 1 saturated carbocycles. The molecule has 0 aliphatic heterocycles. The molecule has 0 spiro atoms. The van der Waals surface area contributed by atoms with Gasteiger partial charge in [0, 0.05) is 13.5 Å². The van der Waals surface area contributed by atoms with Gasteiger partial charge in [-0.3, -0.25) is 0 Å². The molecular formula is C17H21N3.